The van der Waals surface area contributed by atoms with Crippen molar-refractivity contribution >= 4 is 49.6 Å². The number of hydrogen-bond donors (Lipinski definition) is 2. The van der Waals surface area contributed by atoms with Gasteiger partial charge in [-0.25, -0.2) is 13.4 Å². The number of nitrogens with zero attached hydrogens (tertiary/aromatic N) is 1. The van der Waals surface area contributed by atoms with Crippen LogP contribution in [0.1, 0.15) is 32.2 Å². The van der Waals surface area contributed by atoms with Crippen molar-refractivity contribution in [3.05, 3.63) is 63.2 Å². The number of para-hydroxylation sites is 1. The fourth-order valence-electron chi connectivity index (χ4n) is 3.52. The van der Waals surface area contributed by atoms with Gasteiger partial charge in [0.2, 0.25) is 5.88 Å². The van der Waals surface area contributed by atoms with Crippen LogP contribution < -0.4 is 15.8 Å². The number of pyridine rings is 1. The van der Waals surface area contributed by atoms with Crippen molar-refractivity contribution in [1.29, 1.82) is 0 Å². The van der Waals surface area contributed by atoms with Gasteiger partial charge in [0.15, 0.2) is 9.84 Å². The summed E-state index contributed by atoms with van der Waals surface area (Å²) >= 11 is 1.42. The number of hydrogen-bond acceptors (Lipinski definition) is 7. The van der Waals surface area contributed by atoms with Crippen molar-refractivity contribution in [2.45, 2.75) is 5.92 Å². The summed E-state index contributed by atoms with van der Waals surface area (Å²) in [4.78, 5) is 29.5. The molecular formula is C20H17N3O5S2. The highest BCUT2D eigenvalue weighted by Crippen LogP contribution is 2.38. The highest BCUT2D eigenvalue weighted by atomic mass is 32.2. The Morgan fingerprint density at radius 3 is 2.70 bits per heavy atom. The molecule has 30 heavy (non-hydrogen) atoms. The molecule has 1 unspecified atom stereocenters. The Morgan fingerprint density at radius 2 is 2.10 bits per heavy atom. The van der Waals surface area contributed by atoms with Gasteiger partial charge in [-0.1, -0.05) is 18.2 Å². The smallest absolute Gasteiger partial charge is 0.261 e. The molecule has 2 amide bonds. The second kappa shape index (κ2) is 7.54. The molecule has 1 aromatic carbocycles. The number of nitrogens with one attached hydrogen (secondary N) is 1. The standard InChI is InChI=1S/C20H17N3O5S2/c1-28-20-16(19(25)22-12-5-7-29-9-12)15(11-6-8-30(26,27)10-11)13-3-2-4-14(18(21)24)17(13)23-20/h2-9,11H,10H2,1H3,(H2,21,24)(H,22,25). The van der Waals surface area contributed by atoms with E-state index in [4.69, 9.17) is 10.5 Å². The molecule has 1 aliphatic heterocycles. The molecule has 0 spiro atoms. The van der Waals surface area contributed by atoms with Crippen LogP contribution in [0.3, 0.4) is 0 Å². The molecule has 10 heteroatoms. The minimum Gasteiger partial charge on any atom is -0.480 e. The van der Waals surface area contributed by atoms with Crippen LogP contribution in [0.2, 0.25) is 0 Å². The predicted octanol–water partition coefficient (Wildman–Crippen LogP) is 2.68. The number of benzene rings is 1. The number of fused-ring (bicyclic) bond motifs is 1. The Bertz CT molecular complexity index is 1300. The second-order valence-corrected chi connectivity index (χ2v) is 9.42. The van der Waals surface area contributed by atoms with Gasteiger partial charge < -0.3 is 15.8 Å². The molecule has 3 heterocycles. The van der Waals surface area contributed by atoms with Crippen molar-refractivity contribution in [2.24, 2.45) is 5.73 Å². The van der Waals surface area contributed by atoms with Gasteiger partial charge in [0, 0.05) is 22.1 Å². The zero-order chi connectivity index (χ0) is 21.5. The third-order valence-electron chi connectivity index (χ3n) is 4.79. The molecular weight excluding hydrogens is 426 g/mol. The molecule has 3 aromatic rings. The van der Waals surface area contributed by atoms with Gasteiger partial charge in [0.25, 0.3) is 11.8 Å². The van der Waals surface area contributed by atoms with Crippen LogP contribution in [0.25, 0.3) is 10.9 Å². The summed E-state index contributed by atoms with van der Waals surface area (Å²) in [5.41, 5.74) is 7.04. The number of carbonyl (C=O) groups is 2. The number of methoxy groups -OCH3 is 1. The van der Waals surface area contributed by atoms with E-state index in [0.717, 1.165) is 5.41 Å². The summed E-state index contributed by atoms with van der Waals surface area (Å²) < 4.78 is 29.6. The van der Waals surface area contributed by atoms with E-state index in [-0.39, 0.29) is 28.3 Å². The van der Waals surface area contributed by atoms with Crippen molar-refractivity contribution in [3.8, 4) is 5.88 Å². The number of ether oxygens (including phenoxy) is 1. The average Bonchev–Trinajstić information content (AvgIpc) is 3.34. The monoisotopic (exact) mass is 443 g/mol. The number of sulfone groups is 1. The molecule has 0 radical (unpaired) electrons. The largest absolute Gasteiger partial charge is 0.480 e. The lowest BCUT2D eigenvalue weighted by atomic mass is 9.90. The number of nitrogens with two attached hydrogens (primary N) is 1. The molecule has 0 bridgehead atoms. The van der Waals surface area contributed by atoms with Crippen LogP contribution >= 0.6 is 11.3 Å². The molecule has 1 atom stereocenters. The van der Waals surface area contributed by atoms with Crippen LogP contribution in [-0.4, -0.2) is 38.1 Å². The van der Waals surface area contributed by atoms with E-state index in [0.29, 0.717) is 16.6 Å². The second-order valence-electron chi connectivity index (χ2n) is 6.71. The van der Waals surface area contributed by atoms with Gasteiger partial charge in [0.1, 0.15) is 5.56 Å². The van der Waals surface area contributed by atoms with E-state index in [1.165, 1.54) is 30.6 Å². The lowest BCUT2D eigenvalue weighted by Crippen LogP contribution is -2.20. The third kappa shape index (κ3) is 3.55. The highest BCUT2D eigenvalue weighted by Gasteiger charge is 2.32. The Labute approximate surface area is 176 Å². The molecule has 3 N–H and O–H groups in total. The van der Waals surface area contributed by atoms with E-state index >= 15 is 0 Å². The fraction of sp³-hybridized carbons (Fsp3) is 0.150. The van der Waals surface area contributed by atoms with Gasteiger partial charge in [-0.2, -0.15) is 11.3 Å². The molecule has 4 rings (SSSR count). The third-order valence-corrected chi connectivity index (χ3v) is 6.87. The van der Waals surface area contributed by atoms with E-state index in [1.54, 1.807) is 23.6 Å². The maximum absolute atomic E-state index is 13.2. The van der Waals surface area contributed by atoms with Crippen LogP contribution in [0.4, 0.5) is 5.69 Å². The Balaban J connectivity index is 2.01. The van der Waals surface area contributed by atoms with Crippen LogP contribution in [0, 0.1) is 0 Å². The lowest BCUT2D eigenvalue weighted by Gasteiger charge is -2.19. The highest BCUT2D eigenvalue weighted by molar-refractivity contribution is 7.94. The van der Waals surface area contributed by atoms with Crippen LogP contribution in [-0.2, 0) is 9.84 Å². The predicted molar refractivity (Wildman–Crippen MR) is 115 cm³/mol. The summed E-state index contributed by atoms with van der Waals surface area (Å²) in [5.74, 6) is -2.00. The topological polar surface area (TPSA) is 128 Å². The van der Waals surface area contributed by atoms with Crippen molar-refractivity contribution in [3.63, 3.8) is 0 Å². The summed E-state index contributed by atoms with van der Waals surface area (Å²) in [6.45, 7) is 0. The molecule has 0 fully saturated rings. The van der Waals surface area contributed by atoms with Gasteiger partial charge in [-0.05, 0) is 23.1 Å². The number of anilines is 1. The number of thiophene rings is 1. The molecule has 0 saturated carbocycles. The first kappa shape index (κ1) is 20.0. The summed E-state index contributed by atoms with van der Waals surface area (Å²) in [6.07, 6.45) is 1.53. The number of carbonyl (C=O) groups excluding carboxylic acids is 2. The Morgan fingerprint density at radius 1 is 1.30 bits per heavy atom. The molecule has 1 aliphatic rings. The van der Waals surface area contributed by atoms with Gasteiger partial charge in [0.05, 0.1) is 29.6 Å². The number of allylic oxidation sites excluding steroid dienone is 1. The molecule has 2 aromatic heterocycles. The zero-order valence-electron chi connectivity index (χ0n) is 15.8. The minimum absolute atomic E-state index is 0.0170. The molecule has 0 aliphatic carbocycles. The van der Waals surface area contributed by atoms with Crippen molar-refractivity contribution in [2.75, 3.05) is 18.2 Å². The molecule has 8 nitrogen and oxygen atoms in total. The normalized spacial score (nSPS) is 17.2. The molecule has 0 saturated heterocycles. The minimum atomic E-state index is -3.41. The van der Waals surface area contributed by atoms with E-state index in [9.17, 15) is 18.0 Å². The fourth-order valence-corrected chi connectivity index (χ4v) is 5.43. The van der Waals surface area contributed by atoms with E-state index in [1.807, 2.05) is 5.38 Å². The van der Waals surface area contributed by atoms with Gasteiger partial charge >= 0.3 is 0 Å². The Kier molecular flexibility index (Phi) is 5.04. The number of rotatable bonds is 5. The number of amides is 2. The number of primary amides is 1. The summed E-state index contributed by atoms with van der Waals surface area (Å²) in [5, 5.41) is 7.97. The van der Waals surface area contributed by atoms with E-state index in [2.05, 4.69) is 10.3 Å². The van der Waals surface area contributed by atoms with Gasteiger partial charge in [-0.15, -0.1) is 0 Å². The first-order valence-corrected chi connectivity index (χ1v) is 11.5. The average molecular weight is 444 g/mol. The quantitative estimate of drug-likeness (QED) is 0.624. The van der Waals surface area contributed by atoms with Crippen LogP contribution in [0.15, 0.2) is 46.5 Å². The SMILES string of the molecule is COc1nc2c(C(N)=O)cccc2c(C2C=CS(=O)(=O)C2)c1C(=O)Nc1ccsc1. The summed E-state index contributed by atoms with van der Waals surface area (Å²) in [7, 11) is -2.06. The van der Waals surface area contributed by atoms with Crippen molar-refractivity contribution in [1.82, 2.24) is 4.98 Å². The maximum atomic E-state index is 13.2. The first-order valence-electron chi connectivity index (χ1n) is 8.85. The van der Waals surface area contributed by atoms with Crippen molar-refractivity contribution < 1.29 is 22.7 Å². The zero-order valence-corrected chi connectivity index (χ0v) is 17.4. The molecule has 154 valence electrons. The maximum Gasteiger partial charge on any atom is 0.261 e. The van der Waals surface area contributed by atoms with Gasteiger partial charge in [-0.3, -0.25) is 9.59 Å². The van der Waals surface area contributed by atoms with Crippen LogP contribution in [0.5, 0.6) is 5.88 Å². The van der Waals surface area contributed by atoms with E-state index < -0.39 is 27.6 Å². The number of aromatic nitrogens is 1. The first-order chi connectivity index (χ1) is 14.3. The lowest BCUT2D eigenvalue weighted by molar-refractivity contribution is 0.0999. The Hall–Kier alpha value is -3.24. The summed E-state index contributed by atoms with van der Waals surface area (Å²) in [6, 6.07) is 6.57.